The minimum atomic E-state index is 0.150. The molecule has 1 aliphatic rings. The predicted molar refractivity (Wildman–Crippen MR) is 137 cm³/mol. The van der Waals surface area contributed by atoms with Gasteiger partial charge in [0.2, 0.25) is 5.91 Å². The van der Waals surface area contributed by atoms with Crippen LogP contribution in [0.5, 0.6) is 0 Å². The second-order valence-corrected chi connectivity index (χ2v) is 10.6. The van der Waals surface area contributed by atoms with Gasteiger partial charge in [-0.2, -0.15) is 0 Å². The van der Waals surface area contributed by atoms with E-state index in [1.807, 2.05) is 36.1 Å². The van der Waals surface area contributed by atoms with E-state index >= 15 is 0 Å². The molecule has 0 saturated carbocycles. The first-order valence-corrected chi connectivity index (χ1v) is 13.4. The summed E-state index contributed by atoms with van der Waals surface area (Å²) < 4.78 is 0. The Bertz CT molecular complexity index is 1200. The van der Waals surface area contributed by atoms with Gasteiger partial charge < -0.3 is 9.80 Å². The molecular weight excluding hydrogens is 470 g/mol. The van der Waals surface area contributed by atoms with Gasteiger partial charge in [0.05, 0.1) is 21.2 Å². The number of carbonyl (C=O) groups is 1. The first-order valence-electron chi connectivity index (χ1n) is 10.7. The van der Waals surface area contributed by atoms with Crippen molar-refractivity contribution in [3.05, 3.63) is 65.7 Å². The van der Waals surface area contributed by atoms with Crippen LogP contribution in [0.3, 0.4) is 0 Å². The summed E-state index contributed by atoms with van der Waals surface area (Å²) >= 11 is 4.76. The van der Waals surface area contributed by atoms with E-state index in [9.17, 15) is 4.79 Å². The number of aryl methyl sites for hydroxylation is 1. The van der Waals surface area contributed by atoms with Gasteiger partial charge in [0, 0.05) is 31.9 Å². The third-order valence-electron chi connectivity index (χ3n) is 5.50. The predicted octanol–water partition coefficient (Wildman–Crippen LogP) is 5.08. The SMILES string of the molecule is Cc1nc(-c2cccs2)sc1-c1ccc(SCC(=O)N2CCN(c3ccccc3)CC2)nn1. The molecule has 168 valence electrons. The van der Waals surface area contributed by atoms with Crippen LogP contribution >= 0.6 is 34.4 Å². The van der Waals surface area contributed by atoms with Crippen molar-refractivity contribution in [1.82, 2.24) is 20.1 Å². The maximum absolute atomic E-state index is 12.7. The van der Waals surface area contributed by atoms with Crippen LogP contribution in [0.1, 0.15) is 5.69 Å². The molecule has 1 aliphatic heterocycles. The zero-order valence-corrected chi connectivity index (χ0v) is 20.6. The molecule has 4 heterocycles. The first-order chi connectivity index (χ1) is 16.2. The lowest BCUT2D eigenvalue weighted by molar-refractivity contribution is -0.128. The molecule has 3 aromatic heterocycles. The molecule has 1 aromatic carbocycles. The van der Waals surface area contributed by atoms with Crippen LogP contribution in [0.15, 0.2) is 65.0 Å². The minimum absolute atomic E-state index is 0.150. The molecule has 0 aliphatic carbocycles. The number of carbonyl (C=O) groups excluding carboxylic acids is 1. The van der Waals surface area contributed by atoms with Gasteiger partial charge >= 0.3 is 0 Å². The summed E-state index contributed by atoms with van der Waals surface area (Å²) in [6.45, 7) is 5.21. The third kappa shape index (κ3) is 5.10. The van der Waals surface area contributed by atoms with E-state index in [1.54, 1.807) is 22.7 Å². The third-order valence-corrected chi connectivity index (χ3v) is 8.62. The van der Waals surface area contributed by atoms with Crippen molar-refractivity contribution in [2.24, 2.45) is 0 Å². The van der Waals surface area contributed by atoms with Crippen LogP contribution in [0, 0.1) is 6.92 Å². The van der Waals surface area contributed by atoms with Crippen LogP contribution in [-0.4, -0.2) is 57.9 Å². The molecule has 1 amide bonds. The molecule has 33 heavy (non-hydrogen) atoms. The Morgan fingerprint density at radius 1 is 1.00 bits per heavy atom. The fraction of sp³-hybridized carbons (Fsp3) is 0.250. The highest BCUT2D eigenvalue weighted by Crippen LogP contribution is 2.36. The highest BCUT2D eigenvalue weighted by atomic mass is 32.2. The summed E-state index contributed by atoms with van der Waals surface area (Å²) in [5.74, 6) is 0.527. The number of thioether (sulfide) groups is 1. The second-order valence-electron chi connectivity index (χ2n) is 7.66. The van der Waals surface area contributed by atoms with Crippen molar-refractivity contribution >= 4 is 46.0 Å². The number of amides is 1. The quantitative estimate of drug-likeness (QED) is 0.349. The average molecular weight is 494 g/mol. The number of aromatic nitrogens is 3. The Hall–Kier alpha value is -2.75. The van der Waals surface area contributed by atoms with Crippen LogP contribution in [0.25, 0.3) is 20.5 Å². The van der Waals surface area contributed by atoms with E-state index in [0.29, 0.717) is 5.75 Å². The van der Waals surface area contributed by atoms with Gasteiger partial charge in [-0.25, -0.2) is 4.98 Å². The molecule has 0 N–H and O–H groups in total. The van der Waals surface area contributed by atoms with Crippen molar-refractivity contribution < 1.29 is 4.79 Å². The fourth-order valence-corrected chi connectivity index (χ4v) is 6.28. The molecule has 4 aromatic rings. The molecule has 5 rings (SSSR count). The fourth-order valence-electron chi connectivity index (χ4n) is 3.74. The number of hydrogen-bond acceptors (Lipinski definition) is 8. The molecule has 0 atom stereocenters. The van der Waals surface area contributed by atoms with Crippen molar-refractivity contribution in [2.75, 3.05) is 36.8 Å². The van der Waals surface area contributed by atoms with E-state index in [4.69, 9.17) is 4.98 Å². The summed E-state index contributed by atoms with van der Waals surface area (Å²) in [7, 11) is 0. The summed E-state index contributed by atoms with van der Waals surface area (Å²) in [5, 5.41) is 12.6. The second kappa shape index (κ2) is 10.0. The molecule has 6 nitrogen and oxygen atoms in total. The Balaban J connectivity index is 1.15. The van der Waals surface area contributed by atoms with Crippen LogP contribution in [0.4, 0.5) is 5.69 Å². The van der Waals surface area contributed by atoms with E-state index in [2.05, 4.69) is 50.8 Å². The number of rotatable bonds is 6. The number of thiazole rings is 1. The van der Waals surface area contributed by atoms with Gasteiger partial charge in [0.25, 0.3) is 0 Å². The summed E-state index contributed by atoms with van der Waals surface area (Å²) in [6.07, 6.45) is 0. The topological polar surface area (TPSA) is 62.2 Å². The van der Waals surface area contributed by atoms with Gasteiger partial charge in [0.15, 0.2) is 0 Å². The van der Waals surface area contributed by atoms with E-state index in [1.165, 1.54) is 17.4 Å². The van der Waals surface area contributed by atoms with Crippen molar-refractivity contribution in [2.45, 2.75) is 11.9 Å². The van der Waals surface area contributed by atoms with Gasteiger partial charge in [0.1, 0.15) is 15.7 Å². The number of benzene rings is 1. The van der Waals surface area contributed by atoms with Crippen LogP contribution in [0.2, 0.25) is 0 Å². The van der Waals surface area contributed by atoms with E-state index in [-0.39, 0.29) is 5.91 Å². The first kappa shape index (κ1) is 22.1. The largest absolute Gasteiger partial charge is 0.368 e. The zero-order valence-electron chi connectivity index (χ0n) is 18.2. The van der Waals surface area contributed by atoms with E-state index < -0.39 is 0 Å². The lowest BCUT2D eigenvalue weighted by atomic mass is 10.2. The molecule has 1 saturated heterocycles. The standard InChI is InChI=1S/C24H23N5OS3/c1-17-23(33-24(25-17)20-8-5-15-31-20)19-9-10-21(27-26-19)32-16-22(30)29-13-11-28(12-14-29)18-6-3-2-4-7-18/h2-10,15H,11-14,16H2,1H3. The van der Waals surface area contributed by atoms with Gasteiger partial charge in [-0.05, 0) is 42.6 Å². The van der Waals surface area contributed by atoms with Gasteiger partial charge in [-0.3, -0.25) is 4.79 Å². The number of para-hydroxylation sites is 1. The Morgan fingerprint density at radius 3 is 2.52 bits per heavy atom. The van der Waals surface area contributed by atoms with Crippen molar-refractivity contribution in [1.29, 1.82) is 0 Å². The lowest BCUT2D eigenvalue weighted by Gasteiger charge is -2.36. The molecule has 9 heteroatoms. The average Bonchev–Trinajstić information content (AvgIpc) is 3.54. The minimum Gasteiger partial charge on any atom is -0.368 e. The zero-order chi connectivity index (χ0) is 22.6. The van der Waals surface area contributed by atoms with Crippen molar-refractivity contribution in [3.8, 4) is 20.5 Å². The number of nitrogens with zero attached hydrogens (tertiary/aromatic N) is 5. The molecule has 0 unspecified atom stereocenters. The lowest BCUT2D eigenvalue weighted by Crippen LogP contribution is -2.49. The number of thiophene rings is 1. The maximum atomic E-state index is 12.7. The number of piperazine rings is 1. The molecule has 0 radical (unpaired) electrons. The monoisotopic (exact) mass is 493 g/mol. The van der Waals surface area contributed by atoms with Crippen molar-refractivity contribution in [3.63, 3.8) is 0 Å². The highest BCUT2D eigenvalue weighted by molar-refractivity contribution is 7.99. The normalized spacial score (nSPS) is 14.0. The number of anilines is 1. The van der Waals surface area contributed by atoms with E-state index in [0.717, 1.165) is 57.4 Å². The van der Waals surface area contributed by atoms with Crippen LogP contribution < -0.4 is 4.90 Å². The van der Waals surface area contributed by atoms with Crippen LogP contribution in [-0.2, 0) is 4.79 Å². The maximum Gasteiger partial charge on any atom is 0.233 e. The Labute approximate surface area is 205 Å². The molecule has 0 bridgehead atoms. The summed E-state index contributed by atoms with van der Waals surface area (Å²) in [4.78, 5) is 23.9. The summed E-state index contributed by atoms with van der Waals surface area (Å²) in [5.41, 5.74) is 3.00. The molecular formula is C24H23N5OS3. The molecule has 1 fully saturated rings. The Kier molecular flexibility index (Phi) is 6.70. The Morgan fingerprint density at radius 2 is 1.82 bits per heavy atom. The van der Waals surface area contributed by atoms with Gasteiger partial charge in [-0.1, -0.05) is 36.0 Å². The molecule has 0 spiro atoms. The highest BCUT2D eigenvalue weighted by Gasteiger charge is 2.21. The number of hydrogen-bond donors (Lipinski definition) is 0. The van der Waals surface area contributed by atoms with Gasteiger partial charge in [-0.15, -0.1) is 32.9 Å². The summed E-state index contributed by atoms with van der Waals surface area (Å²) in [6, 6.07) is 18.4. The smallest absolute Gasteiger partial charge is 0.233 e.